The summed E-state index contributed by atoms with van der Waals surface area (Å²) in [4.78, 5) is 9.04. The molecule has 0 fully saturated rings. The molecule has 6 nitrogen and oxygen atoms in total. The lowest BCUT2D eigenvalue weighted by molar-refractivity contribution is -0.505. The summed E-state index contributed by atoms with van der Waals surface area (Å²) in [5.74, 6) is -0.736. The van der Waals surface area contributed by atoms with Crippen molar-refractivity contribution >= 4 is 10.1 Å². The van der Waals surface area contributed by atoms with E-state index in [1.165, 1.54) is 13.8 Å². The fourth-order valence-corrected chi connectivity index (χ4v) is 1.60. The van der Waals surface area contributed by atoms with Crippen molar-refractivity contribution in [2.24, 2.45) is 5.92 Å². The highest BCUT2D eigenvalue weighted by Crippen LogP contribution is 2.10. The van der Waals surface area contributed by atoms with E-state index >= 15 is 0 Å². The van der Waals surface area contributed by atoms with Crippen molar-refractivity contribution in [1.29, 1.82) is 0 Å². The van der Waals surface area contributed by atoms with Crippen molar-refractivity contribution in [3.05, 3.63) is 10.1 Å². The van der Waals surface area contributed by atoms with E-state index in [0.29, 0.717) is 0 Å². The lowest BCUT2D eigenvalue weighted by atomic mass is 10.2. The molecule has 1 N–H and O–H groups in total. The van der Waals surface area contributed by atoms with Crippen molar-refractivity contribution < 1.29 is 17.9 Å². The van der Waals surface area contributed by atoms with E-state index in [0.717, 1.165) is 0 Å². The first kappa shape index (κ1) is 10.3. The van der Waals surface area contributed by atoms with Gasteiger partial charge in [0, 0.05) is 10.8 Å². The summed E-state index contributed by atoms with van der Waals surface area (Å²) in [5, 5.41) is 8.14. The second-order valence-electron chi connectivity index (χ2n) is 2.43. The van der Waals surface area contributed by atoms with Crippen LogP contribution in [0.4, 0.5) is 0 Å². The van der Waals surface area contributed by atoms with Gasteiger partial charge in [-0.15, -0.1) is 0 Å². The minimum atomic E-state index is -4.56. The van der Waals surface area contributed by atoms with E-state index in [-0.39, 0.29) is 0 Å². The summed E-state index contributed by atoms with van der Waals surface area (Å²) < 4.78 is 29.0. The van der Waals surface area contributed by atoms with E-state index < -0.39 is 26.3 Å². The molecule has 0 aliphatic carbocycles. The summed E-state index contributed by atoms with van der Waals surface area (Å²) in [6, 6.07) is 0. The standard InChI is InChI=1S/C4H9NO5S/c1-3(2)4(5(6)7)11(8,9)10/h3-4H,1-2H3,(H,8,9,10). The van der Waals surface area contributed by atoms with Gasteiger partial charge in [-0.1, -0.05) is 13.8 Å². The summed E-state index contributed by atoms with van der Waals surface area (Å²) in [6.07, 6.45) is 0. The number of hydrogen-bond donors (Lipinski definition) is 1. The molecule has 7 heteroatoms. The minimum Gasteiger partial charge on any atom is -0.280 e. The van der Waals surface area contributed by atoms with Crippen molar-refractivity contribution in [2.45, 2.75) is 19.2 Å². The molecule has 0 aliphatic rings. The number of nitrogens with zero attached hydrogens (tertiary/aromatic N) is 1. The van der Waals surface area contributed by atoms with Gasteiger partial charge in [0.25, 0.3) is 0 Å². The van der Waals surface area contributed by atoms with Crippen LogP contribution in [0.25, 0.3) is 0 Å². The Hall–Kier alpha value is -0.690. The average molecular weight is 183 g/mol. The molecule has 0 bridgehead atoms. The molecule has 0 aliphatic heterocycles. The third-order valence-electron chi connectivity index (χ3n) is 1.08. The van der Waals surface area contributed by atoms with Gasteiger partial charge in [0.05, 0.1) is 0 Å². The molecule has 0 saturated heterocycles. The monoisotopic (exact) mass is 183 g/mol. The Morgan fingerprint density at radius 3 is 1.82 bits per heavy atom. The molecule has 0 aromatic rings. The highest BCUT2D eigenvalue weighted by atomic mass is 32.2. The predicted octanol–water partition coefficient (Wildman–Crippen LogP) is 0.133. The Kier molecular flexibility index (Phi) is 2.94. The largest absolute Gasteiger partial charge is 0.336 e. The van der Waals surface area contributed by atoms with E-state index in [1.54, 1.807) is 0 Å². The lowest BCUT2D eigenvalue weighted by Crippen LogP contribution is -2.33. The molecule has 66 valence electrons. The van der Waals surface area contributed by atoms with Crippen LogP contribution in [0.3, 0.4) is 0 Å². The first-order valence-electron chi connectivity index (χ1n) is 2.86. The zero-order valence-electron chi connectivity index (χ0n) is 6.09. The van der Waals surface area contributed by atoms with Gasteiger partial charge in [0.1, 0.15) is 0 Å². The van der Waals surface area contributed by atoms with Gasteiger partial charge in [0.2, 0.25) is 0 Å². The quantitative estimate of drug-likeness (QED) is 0.381. The first-order chi connectivity index (χ1) is 4.76. The second kappa shape index (κ2) is 3.14. The Labute approximate surface area is 64.1 Å². The third-order valence-corrected chi connectivity index (χ3v) is 2.41. The summed E-state index contributed by atoms with van der Waals surface area (Å²) in [7, 11) is -4.56. The molecule has 0 amide bonds. The minimum absolute atomic E-state index is 0.736. The lowest BCUT2D eigenvalue weighted by Gasteiger charge is -2.08. The van der Waals surface area contributed by atoms with Gasteiger partial charge in [-0.25, -0.2) is 0 Å². The van der Waals surface area contributed by atoms with Crippen molar-refractivity contribution in [1.82, 2.24) is 0 Å². The topological polar surface area (TPSA) is 97.5 Å². The molecule has 0 aromatic heterocycles. The Morgan fingerprint density at radius 1 is 1.45 bits per heavy atom. The maximum Gasteiger partial charge on any atom is 0.336 e. The summed E-state index contributed by atoms with van der Waals surface area (Å²) in [5.41, 5.74) is 0. The number of hydrogen-bond acceptors (Lipinski definition) is 4. The molecular formula is C4H9NO5S. The van der Waals surface area contributed by atoms with E-state index in [1.807, 2.05) is 0 Å². The SMILES string of the molecule is CC(C)C([N+](=O)[O-])S(=O)(=O)O. The molecular weight excluding hydrogens is 174 g/mol. The molecule has 1 unspecified atom stereocenters. The molecule has 1 atom stereocenters. The maximum absolute atomic E-state index is 10.3. The van der Waals surface area contributed by atoms with Gasteiger partial charge < -0.3 is 0 Å². The van der Waals surface area contributed by atoms with Gasteiger partial charge in [-0.3, -0.25) is 14.7 Å². The molecule has 11 heavy (non-hydrogen) atoms. The Bertz CT molecular complexity index is 243. The van der Waals surface area contributed by atoms with Gasteiger partial charge in [0.15, 0.2) is 0 Å². The van der Waals surface area contributed by atoms with Crippen LogP contribution >= 0.6 is 0 Å². The second-order valence-corrected chi connectivity index (χ2v) is 3.95. The van der Waals surface area contributed by atoms with Crippen LogP contribution in [-0.4, -0.2) is 23.3 Å². The molecule has 0 radical (unpaired) electrons. The highest BCUT2D eigenvalue weighted by Gasteiger charge is 2.37. The van der Waals surface area contributed by atoms with E-state index in [4.69, 9.17) is 4.55 Å². The van der Waals surface area contributed by atoms with E-state index in [2.05, 4.69) is 0 Å². The van der Waals surface area contributed by atoms with Gasteiger partial charge in [-0.2, -0.15) is 8.42 Å². The molecule has 0 saturated carbocycles. The first-order valence-corrected chi connectivity index (χ1v) is 4.37. The van der Waals surface area contributed by atoms with Crippen LogP contribution in [0.5, 0.6) is 0 Å². The van der Waals surface area contributed by atoms with Crippen LogP contribution in [-0.2, 0) is 10.1 Å². The average Bonchev–Trinajstić information content (AvgIpc) is 1.54. The zero-order chi connectivity index (χ0) is 9.23. The smallest absolute Gasteiger partial charge is 0.280 e. The maximum atomic E-state index is 10.3. The zero-order valence-corrected chi connectivity index (χ0v) is 6.91. The highest BCUT2D eigenvalue weighted by molar-refractivity contribution is 7.86. The molecule has 0 heterocycles. The van der Waals surface area contributed by atoms with Crippen LogP contribution in [0.15, 0.2) is 0 Å². The van der Waals surface area contributed by atoms with Gasteiger partial charge in [-0.05, 0) is 0 Å². The molecule has 0 aromatic carbocycles. The van der Waals surface area contributed by atoms with E-state index in [9.17, 15) is 18.5 Å². The molecule has 0 spiro atoms. The van der Waals surface area contributed by atoms with Crippen LogP contribution < -0.4 is 0 Å². The molecule has 0 rings (SSSR count). The van der Waals surface area contributed by atoms with Gasteiger partial charge >= 0.3 is 15.5 Å². The fraction of sp³-hybridized carbons (Fsp3) is 1.00. The van der Waals surface area contributed by atoms with Crippen molar-refractivity contribution in [2.75, 3.05) is 0 Å². The summed E-state index contributed by atoms with van der Waals surface area (Å²) >= 11 is 0. The third kappa shape index (κ3) is 2.81. The van der Waals surface area contributed by atoms with Crippen LogP contribution in [0.2, 0.25) is 0 Å². The predicted molar refractivity (Wildman–Crippen MR) is 37.2 cm³/mol. The Balaban J connectivity index is 4.79. The normalized spacial score (nSPS) is 14.9. The number of rotatable bonds is 3. The van der Waals surface area contributed by atoms with Crippen molar-refractivity contribution in [3.63, 3.8) is 0 Å². The van der Waals surface area contributed by atoms with Crippen molar-refractivity contribution in [3.8, 4) is 0 Å². The Morgan fingerprint density at radius 2 is 1.82 bits per heavy atom. The summed E-state index contributed by atoms with van der Waals surface area (Å²) in [6.45, 7) is 2.70. The van der Waals surface area contributed by atoms with Crippen LogP contribution in [0.1, 0.15) is 13.8 Å². The van der Waals surface area contributed by atoms with Crippen LogP contribution in [0, 0.1) is 16.0 Å². The fourth-order valence-electron chi connectivity index (χ4n) is 0.696. The number of nitro groups is 1.